The molecule has 0 saturated carbocycles. The van der Waals surface area contributed by atoms with Crippen LogP contribution in [0.5, 0.6) is 0 Å². The highest BCUT2D eigenvalue weighted by Gasteiger charge is 2.13. The Kier molecular flexibility index (Phi) is 3.41. The van der Waals surface area contributed by atoms with Gasteiger partial charge in [-0.2, -0.15) is 0 Å². The molecule has 0 saturated heterocycles. The zero-order chi connectivity index (χ0) is 11.5. The predicted octanol–water partition coefficient (Wildman–Crippen LogP) is 3.21. The highest BCUT2D eigenvalue weighted by atomic mass is 32.1. The van der Waals surface area contributed by atoms with E-state index < -0.39 is 0 Å². The van der Waals surface area contributed by atoms with E-state index in [0.29, 0.717) is 6.04 Å². The first-order valence-corrected chi connectivity index (χ1v) is 6.26. The molecule has 0 aliphatic carbocycles. The van der Waals surface area contributed by atoms with Crippen molar-refractivity contribution in [3.05, 3.63) is 29.1 Å². The van der Waals surface area contributed by atoms with Crippen LogP contribution in [0, 0.1) is 6.92 Å². The van der Waals surface area contributed by atoms with Gasteiger partial charge in [0, 0.05) is 12.6 Å². The normalized spacial score (nSPS) is 11.2. The first kappa shape index (κ1) is 11.4. The molecule has 0 bridgehead atoms. The van der Waals surface area contributed by atoms with Crippen LogP contribution in [0.2, 0.25) is 0 Å². The van der Waals surface area contributed by atoms with Crippen LogP contribution >= 0.6 is 11.3 Å². The second-order valence-electron chi connectivity index (χ2n) is 4.10. The molecular weight excluding hydrogens is 220 g/mol. The summed E-state index contributed by atoms with van der Waals surface area (Å²) < 4.78 is 5.48. The molecule has 0 aliphatic heterocycles. The Morgan fingerprint density at radius 3 is 2.94 bits per heavy atom. The van der Waals surface area contributed by atoms with E-state index in [1.165, 1.54) is 16.8 Å². The van der Waals surface area contributed by atoms with Crippen LogP contribution in [-0.2, 0) is 6.54 Å². The summed E-state index contributed by atoms with van der Waals surface area (Å²) in [6.45, 7) is 7.08. The van der Waals surface area contributed by atoms with E-state index in [-0.39, 0.29) is 0 Å². The van der Waals surface area contributed by atoms with Crippen LogP contribution in [0.25, 0.3) is 10.6 Å². The number of nitrogens with one attached hydrogen (secondary N) is 1. The molecule has 0 fully saturated rings. The summed E-state index contributed by atoms with van der Waals surface area (Å²) >= 11 is 1.69. The Morgan fingerprint density at radius 2 is 2.31 bits per heavy atom. The van der Waals surface area contributed by atoms with Gasteiger partial charge in [0.1, 0.15) is 5.69 Å². The largest absolute Gasteiger partial charge is 0.442 e. The van der Waals surface area contributed by atoms with Crippen molar-refractivity contribution in [2.75, 3.05) is 0 Å². The topological polar surface area (TPSA) is 38.1 Å². The van der Waals surface area contributed by atoms with Gasteiger partial charge in [-0.05, 0) is 23.9 Å². The SMILES string of the molecule is Cc1ccsc1-c1ocnc1CNC(C)C. The lowest BCUT2D eigenvalue weighted by Gasteiger charge is -2.06. The lowest BCUT2D eigenvalue weighted by atomic mass is 10.2. The predicted molar refractivity (Wildman–Crippen MR) is 66.5 cm³/mol. The molecule has 2 heterocycles. The van der Waals surface area contributed by atoms with Crippen molar-refractivity contribution >= 4 is 11.3 Å². The van der Waals surface area contributed by atoms with Crippen molar-refractivity contribution in [3.63, 3.8) is 0 Å². The summed E-state index contributed by atoms with van der Waals surface area (Å²) in [6.07, 6.45) is 1.52. The first-order valence-electron chi connectivity index (χ1n) is 5.38. The van der Waals surface area contributed by atoms with Crippen LogP contribution in [0.4, 0.5) is 0 Å². The van der Waals surface area contributed by atoms with Gasteiger partial charge >= 0.3 is 0 Å². The van der Waals surface area contributed by atoms with Crippen molar-refractivity contribution in [2.45, 2.75) is 33.4 Å². The maximum Gasteiger partial charge on any atom is 0.181 e. The van der Waals surface area contributed by atoms with Gasteiger partial charge in [-0.1, -0.05) is 13.8 Å². The van der Waals surface area contributed by atoms with Gasteiger partial charge in [0.05, 0.1) is 4.88 Å². The van der Waals surface area contributed by atoms with Crippen LogP contribution in [0.15, 0.2) is 22.3 Å². The quantitative estimate of drug-likeness (QED) is 0.885. The number of oxazole rings is 1. The fourth-order valence-corrected chi connectivity index (χ4v) is 2.42. The van der Waals surface area contributed by atoms with E-state index in [1.54, 1.807) is 11.3 Å². The molecule has 2 aromatic heterocycles. The molecule has 2 rings (SSSR count). The summed E-state index contributed by atoms with van der Waals surface area (Å²) in [5.41, 5.74) is 2.23. The second-order valence-corrected chi connectivity index (χ2v) is 5.01. The third kappa shape index (κ3) is 2.33. The molecule has 16 heavy (non-hydrogen) atoms. The van der Waals surface area contributed by atoms with E-state index in [9.17, 15) is 0 Å². The molecule has 0 aromatic carbocycles. The van der Waals surface area contributed by atoms with Crippen molar-refractivity contribution in [1.82, 2.24) is 10.3 Å². The van der Waals surface area contributed by atoms with E-state index in [1.807, 2.05) is 0 Å². The molecule has 0 atom stereocenters. The number of rotatable bonds is 4. The number of nitrogens with zero attached hydrogens (tertiary/aromatic N) is 1. The van der Waals surface area contributed by atoms with Gasteiger partial charge < -0.3 is 9.73 Å². The van der Waals surface area contributed by atoms with E-state index in [4.69, 9.17) is 4.42 Å². The molecule has 0 unspecified atom stereocenters. The van der Waals surface area contributed by atoms with Gasteiger partial charge in [-0.25, -0.2) is 4.98 Å². The van der Waals surface area contributed by atoms with Crippen LogP contribution < -0.4 is 5.32 Å². The minimum atomic E-state index is 0.453. The smallest absolute Gasteiger partial charge is 0.181 e. The average molecular weight is 236 g/mol. The molecule has 0 aliphatic rings. The monoisotopic (exact) mass is 236 g/mol. The number of thiophene rings is 1. The van der Waals surface area contributed by atoms with Crippen molar-refractivity contribution in [2.24, 2.45) is 0 Å². The number of aryl methyl sites for hydroxylation is 1. The zero-order valence-electron chi connectivity index (χ0n) is 9.78. The number of hydrogen-bond donors (Lipinski definition) is 1. The highest BCUT2D eigenvalue weighted by molar-refractivity contribution is 7.13. The molecule has 2 aromatic rings. The fourth-order valence-electron chi connectivity index (χ4n) is 1.49. The lowest BCUT2D eigenvalue weighted by Crippen LogP contribution is -2.22. The standard InChI is InChI=1S/C12H16N2OS/c1-8(2)13-6-10-11(15-7-14-10)12-9(3)4-5-16-12/h4-5,7-8,13H,6H2,1-3H3. The summed E-state index contributed by atoms with van der Waals surface area (Å²) in [5, 5.41) is 5.43. The average Bonchev–Trinajstić information content (AvgIpc) is 2.82. The highest BCUT2D eigenvalue weighted by Crippen LogP contribution is 2.31. The molecule has 0 radical (unpaired) electrons. The maximum absolute atomic E-state index is 5.48. The number of hydrogen-bond acceptors (Lipinski definition) is 4. The fraction of sp³-hybridized carbons (Fsp3) is 0.417. The van der Waals surface area contributed by atoms with Gasteiger partial charge in [0.2, 0.25) is 0 Å². The third-order valence-electron chi connectivity index (χ3n) is 2.39. The summed E-state index contributed by atoms with van der Waals surface area (Å²) in [4.78, 5) is 5.44. The van der Waals surface area contributed by atoms with Gasteiger partial charge in [-0.3, -0.25) is 0 Å². The van der Waals surface area contributed by atoms with Crippen molar-refractivity contribution in [3.8, 4) is 10.6 Å². The number of aromatic nitrogens is 1. The molecular formula is C12H16N2OS. The molecule has 86 valence electrons. The second kappa shape index (κ2) is 4.80. The zero-order valence-corrected chi connectivity index (χ0v) is 10.6. The lowest BCUT2D eigenvalue weighted by molar-refractivity contribution is 0.563. The Morgan fingerprint density at radius 1 is 1.50 bits per heavy atom. The van der Waals surface area contributed by atoms with Crippen LogP contribution in [0.1, 0.15) is 25.1 Å². The van der Waals surface area contributed by atoms with Crippen LogP contribution in [0.3, 0.4) is 0 Å². The first-order chi connectivity index (χ1) is 7.68. The van der Waals surface area contributed by atoms with Gasteiger partial charge in [-0.15, -0.1) is 11.3 Å². The molecule has 0 spiro atoms. The van der Waals surface area contributed by atoms with Crippen molar-refractivity contribution in [1.29, 1.82) is 0 Å². The van der Waals surface area contributed by atoms with Crippen molar-refractivity contribution < 1.29 is 4.42 Å². The van der Waals surface area contributed by atoms with Gasteiger partial charge in [0.15, 0.2) is 12.2 Å². The maximum atomic E-state index is 5.48. The molecule has 3 nitrogen and oxygen atoms in total. The third-order valence-corrected chi connectivity index (χ3v) is 3.40. The van der Waals surface area contributed by atoms with Crippen LogP contribution in [-0.4, -0.2) is 11.0 Å². The Hall–Kier alpha value is -1.13. The summed E-state index contributed by atoms with van der Waals surface area (Å²) in [5.74, 6) is 0.903. The minimum absolute atomic E-state index is 0.453. The Bertz CT molecular complexity index is 459. The minimum Gasteiger partial charge on any atom is -0.442 e. The molecule has 4 heteroatoms. The Labute approximate surface area is 99.5 Å². The van der Waals surface area contributed by atoms with E-state index >= 15 is 0 Å². The van der Waals surface area contributed by atoms with E-state index in [2.05, 4.69) is 42.5 Å². The molecule has 0 amide bonds. The summed E-state index contributed by atoms with van der Waals surface area (Å²) in [6, 6.07) is 2.55. The van der Waals surface area contributed by atoms with E-state index in [0.717, 1.165) is 18.0 Å². The Balaban J connectivity index is 2.23. The van der Waals surface area contributed by atoms with Gasteiger partial charge in [0.25, 0.3) is 0 Å². The molecule has 1 N–H and O–H groups in total. The summed E-state index contributed by atoms with van der Waals surface area (Å²) in [7, 11) is 0.